The van der Waals surface area contributed by atoms with Crippen LogP contribution in [0.3, 0.4) is 0 Å². The molecule has 0 N–H and O–H groups in total. The number of piperazine rings is 1. The Hall–Kier alpha value is -1.40. The summed E-state index contributed by atoms with van der Waals surface area (Å²) in [6.45, 7) is 5.45. The highest BCUT2D eigenvalue weighted by molar-refractivity contribution is 6.30. The lowest BCUT2D eigenvalue weighted by Crippen LogP contribution is -2.52. The molecule has 1 aromatic heterocycles. The van der Waals surface area contributed by atoms with E-state index in [1.54, 1.807) is 12.4 Å². The van der Waals surface area contributed by atoms with Crippen molar-refractivity contribution in [1.82, 2.24) is 14.9 Å². The second-order valence-electron chi connectivity index (χ2n) is 4.87. The average Bonchev–Trinajstić information content (AvgIpc) is 2.46. The molecule has 1 aliphatic heterocycles. The van der Waals surface area contributed by atoms with Crippen molar-refractivity contribution in [3.63, 3.8) is 0 Å². The van der Waals surface area contributed by atoms with Gasteiger partial charge in [0.25, 0.3) is 0 Å². The predicted molar refractivity (Wildman–Crippen MR) is 76.9 cm³/mol. The number of carbonyl (C=O) groups is 1. The Morgan fingerprint density at radius 1 is 1.45 bits per heavy atom. The van der Waals surface area contributed by atoms with Gasteiger partial charge in [0.2, 0.25) is 5.95 Å². The van der Waals surface area contributed by atoms with E-state index in [1.165, 1.54) is 7.11 Å². The molecular weight excluding hydrogens is 280 g/mol. The molecule has 0 amide bonds. The van der Waals surface area contributed by atoms with E-state index in [-0.39, 0.29) is 5.97 Å². The van der Waals surface area contributed by atoms with Gasteiger partial charge >= 0.3 is 5.97 Å². The van der Waals surface area contributed by atoms with Gasteiger partial charge in [-0.2, -0.15) is 0 Å². The van der Waals surface area contributed by atoms with E-state index in [4.69, 9.17) is 11.6 Å². The van der Waals surface area contributed by atoms with Gasteiger partial charge in [-0.05, 0) is 6.92 Å². The van der Waals surface area contributed by atoms with Crippen molar-refractivity contribution >= 4 is 23.5 Å². The maximum absolute atomic E-state index is 11.2. The van der Waals surface area contributed by atoms with Gasteiger partial charge in [-0.15, -0.1) is 0 Å². The number of ether oxygens (including phenoxy) is 1. The van der Waals surface area contributed by atoms with Crippen molar-refractivity contribution in [2.45, 2.75) is 19.4 Å². The zero-order valence-electron chi connectivity index (χ0n) is 11.8. The molecule has 7 heteroatoms. The van der Waals surface area contributed by atoms with Crippen molar-refractivity contribution in [2.24, 2.45) is 0 Å². The topological polar surface area (TPSA) is 58.6 Å². The number of carbonyl (C=O) groups excluding carboxylic acids is 1. The molecule has 6 nitrogen and oxygen atoms in total. The van der Waals surface area contributed by atoms with Crippen molar-refractivity contribution in [3.05, 3.63) is 17.4 Å². The molecule has 1 aromatic rings. The summed E-state index contributed by atoms with van der Waals surface area (Å²) >= 11 is 5.80. The average molecular weight is 299 g/mol. The minimum Gasteiger partial charge on any atom is -0.469 e. The van der Waals surface area contributed by atoms with Gasteiger partial charge < -0.3 is 9.64 Å². The Kier molecular flexibility index (Phi) is 5.14. The highest BCUT2D eigenvalue weighted by Crippen LogP contribution is 2.17. The molecule has 1 atom stereocenters. The molecule has 1 aliphatic rings. The van der Waals surface area contributed by atoms with E-state index in [2.05, 4.69) is 31.4 Å². The molecule has 0 aliphatic carbocycles. The normalized spacial score (nSPS) is 19.9. The molecule has 0 saturated carbocycles. The van der Waals surface area contributed by atoms with Crippen molar-refractivity contribution in [2.75, 3.05) is 38.2 Å². The minimum absolute atomic E-state index is 0.166. The third kappa shape index (κ3) is 3.80. The Bertz CT molecular complexity index is 454. The van der Waals surface area contributed by atoms with E-state index in [9.17, 15) is 4.79 Å². The van der Waals surface area contributed by atoms with Crippen molar-refractivity contribution < 1.29 is 9.53 Å². The first kappa shape index (κ1) is 15.0. The summed E-state index contributed by atoms with van der Waals surface area (Å²) in [5.74, 6) is 0.538. The van der Waals surface area contributed by atoms with Crippen LogP contribution in [0.5, 0.6) is 0 Å². The van der Waals surface area contributed by atoms with Crippen LogP contribution in [0.15, 0.2) is 12.4 Å². The summed E-state index contributed by atoms with van der Waals surface area (Å²) in [6.07, 6.45) is 3.65. The molecule has 2 heterocycles. The van der Waals surface area contributed by atoms with Crippen LogP contribution in [0, 0.1) is 0 Å². The van der Waals surface area contributed by atoms with Crippen molar-refractivity contribution in [3.8, 4) is 0 Å². The minimum atomic E-state index is -0.166. The van der Waals surface area contributed by atoms with Gasteiger partial charge in [0.15, 0.2) is 0 Å². The van der Waals surface area contributed by atoms with Crippen LogP contribution in [0.1, 0.15) is 13.3 Å². The number of nitrogens with zero attached hydrogens (tertiary/aromatic N) is 4. The SMILES string of the molecule is COC(=O)CCN1CCN(c2ncc(Cl)cn2)[C@H](C)C1. The fourth-order valence-electron chi connectivity index (χ4n) is 2.34. The Labute approximate surface area is 123 Å². The Morgan fingerprint density at radius 2 is 2.15 bits per heavy atom. The molecule has 0 bridgehead atoms. The van der Waals surface area contributed by atoms with Gasteiger partial charge in [0, 0.05) is 32.2 Å². The Balaban J connectivity index is 1.89. The van der Waals surface area contributed by atoms with E-state index >= 15 is 0 Å². The molecular formula is C13H19ClN4O2. The summed E-state index contributed by atoms with van der Waals surface area (Å²) in [6, 6.07) is 0.294. The predicted octanol–water partition coefficient (Wildman–Crippen LogP) is 1.20. The number of rotatable bonds is 4. The maximum atomic E-state index is 11.2. The lowest BCUT2D eigenvalue weighted by molar-refractivity contribution is -0.141. The summed E-state index contributed by atoms with van der Waals surface area (Å²) in [5, 5.41) is 0.540. The molecule has 20 heavy (non-hydrogen) atoms. The Morgan fingerprint density at radius 3 is 2.75 bits per heavy atom. The first-order valence-electron chi connectivity index (χ1n) is 6.63. The van der Waals surface area contributed by atoms with Gasteiger partial charge in [0.05, 0.1) is 30.9 Å². The summed E-state index contributed by atoms with van der Waals surface area (Å²) in [5.41, 5.74) is 0. The van der Waals surface area contributed by atoms with Crippen LogP contribution in [-0.4, -0.2) is 60.2 Å². The molecule has 0 radical (unpaired) electrons. The fraction of sp³-hybridized carbons (Fsp3) is 0.615. The third-order valence-electron chi connectivity index (χ3n) is 3.44. The molecule has 0 unspecified atom stereocenters. The second-order valence-corrected chi connectivity index (χ2v) is 5.31. The smallest absolute Gasteiger partial charge is 0.306 e. The quantitative estimate of drug-likeness (QED) is 0.779. The zero-order chi connectivity index (χ0) is 14.5. The van der Waals surface area contributed by atoms with Crippen LogP contribution in [0.4, 0.5) is 5.95 Å². The number of methoxy groups -OCH3 is 1. The van der Waals surface area contributed by atoms with E-state index in [0.29, 0.717) is 23.4 Å². The summed E-state index contributed by atoms with van der Waals surface area (Å²) in [7, 11) is 1.42. The molecule has 2 rings (SSSR count). The maximum Gasteiger partial charge on any atom is 0.306 e. The monoisotopic (exact) mass is 298 g/mol. The number of halogens is 1. The number of aromatic nitrogens is 2. The van der Waals surface area contributed by atoms with Gasteiger partial charge in [-0.25, -0.2) is 9.97 Å². The summed E-state index contributed by atoms with van der Waals surface area (Å²) in [4.78, 5) is 24.1. The fourth-order valence-corrected chi connectivity index (χ4v) is 2.44. The van der Waals surface area contributed by atoms with Crippen molar-refractivity contribution in [1.29, 1.82) is 0 Å². The largest absolute Gasteiger partial charge is 0.469 e. The first-order valence-corrected chi connectivity index (χ1v) is 7.01. The number of esters is 1. The van der Waals surface area contributed by atoms with Crippen LogP contribution in [0.25, 0.3) is 0 Å². The number of anilines is 1. The second kappa shape index (κ2) is 6.85. The summed E-state index contributed by atoms with van der Waals surface area (Å²) < 4.78 is 4.66. The standard InChI is InChI=1S/C13H19ClN4O2/c1-10-9-17(4-3-12(19)20-2)5-6-18(10)13-15-7-11(14)8-16-13/h7-8,10H,3-6,9H2,1-2H3/t10-/m1/s1. The molecule has 0 aromatic carbocycles. The van der Waals surface area contributed by atoms with E-state index in [1.807, 2.05) is 0 Å². The number of hydrogen-bond donors (Lipinski definition) is 0. The van der Waals surface area contributed by atoms with Gasteiger partial charge in [0.1, 0.15) is 0 Å². The van der Waals surface area contributed by atoms with Gasteiger partial charge in [-0.1, -0.05) is 11.6 Å². The zero-order valence-corrected chi connectivity index (χ0v) is 12.5. The highest BCUT2D eigenvalue weighted by Gasteiger charge is 2.25. The molecule has 1 fully saturated rings. The molecule has 1 saturated heterocycles. The molecule has 0 spiro atoms. The van der Waals surface area contributed by atoms with Crippen LogP contribution < -0.4 is 4.90 Å². The lowest BCUT2D eigenvalue weighted by atomic mass is 10.2. The van der Waals surface area contributed by atoms with Crippen LogP contribution in [-0.2, 0) is 9.53 Å². The van der Waals surface area contributed by atoms with Crippen LogP contribution >= 0.6 is 11.6 Å². The van der Waals surface area contributed by atoms with Gasteiger partial charge in [-0.3, -0.25) is 9.69 Å². The lowest BCUT2D eigenvalue weighted by Gasteiger charge is -2.39. The molecule has 110 valence electrons. The van der Waals surface area contributed by atoms with E-state index < -0.39 is 0 Å². The van der Waals surface area contributed by atoms with E-state index in [0.717, 1.165) is 26.2 Å². The third-order valence-corrected chi connectivity index (χ3v) is 3.63. The van der Waals surface area contributed by atoms with Crippen LogP contribution in [0.2, 0.25) is 5.02 Å². The first-order chi connectivity index (χ1) is 9.60. The highest BCUT2D eigenvalue weighted by atomic mass is 35.5. The number of hydrogen-bond acceptors (Lipinski definition) is 6.